The molecule has 8 nitrogen and oxygen atoms in total. The summed E-state index contributed by atoms with van der Waals surface area (Å²) < 4.78 is 28.3. The highest BCUT2D eigenvalue weighted by atomic mass is 32.2. The number of amides is 1. The maximum Gasteiger partial charge on any atom is 0.285 e. The van der Waals surface area contributed by atoms with E-state index in [1.54, 1.807) is 66.1 Å². The summed E-state index contributed by atoms with van der Waals surface area (Å²) in [6.45, 7) is 2.98. The monoisotopic (exact) mass is 467 g/mol. The smallest absolute Gasteiger partial charge is 0.285 e. The van der Waals surface area contributed by atoms with Crippen molar-refractivity contribution in [3.05, 3.63) is 71.2 Å². The molecule has 2 aliphatic rings. The van der Waals surface area contributed by atoms with E-state index in [4.69, 9.17) is 0 Å². The summed E-state index contributed by atoms with van der Waals surface area (Å²) in [5.74, 6) is 0.276. The molecule has 1 aromatic heterocycles. The number of sulfonamides is 1. The molecule has 32 heavy (non-hydrogen) atoms. The number of rotatable bonds is 3. The molecule has 0 unspecified atom stereocenters. The Kier molecular flexibility index (Phi) is 5.40. The fourth-order valence-electron chi connectivity index (χ4n) is 3.90. The van der Waals surface area contributed by atoms with Gasteiger partial charge in [0.15, 0.2) is 11.0 Å². The lowest BCUT2D eigenvalue weighted by molar-refractivity contribution is 0.0767. The van der Waals surface area contributed by atoms with Crippen LogP contribution in [0.1, 0.15) is 22.3 Å². The number of carbonyl (C=O) groups is 1. The average Bonchev–Trinajstić information content (AvgIpc) is 3.33. The number of nitrogens with zero attached hydrogens (tertiary/aromatic N) is 4. The highest BCUT2D eigenvalue weighted by molar-refractivity contribution is 7.90. The first-order valence-electron chi connectivity index (χ1n) is 10.3. The molecule has 0 spiro atoms. The molecule has 2 aromatic carbocycles. The third-order valence-corrected chi connectivity index (χ3v) is 7.67. The molecule has 1 amide bonds. The minimum absolute atomic E-state index is 0.0105. The van der Waals surface area contributed by atoms with Crippen molar-refractivity contribution in [1.29, 1.82) is 0 Å². The number of nitrogens with one attached hydrogen (secondary N) is 1. The number of anilines is 2. The van der Waals surface area contributed by atoms with Crippen LogP contribution in [-0.2, 0) is 10.0 Å². The summed E-state index contributed by atoms with van der Waals surface area (Å²) >= 11 is 1.61. The molecule has 10 heteroatoms. The predicted octanol–water partition coefficient (Wildman–Crippen LogP) is 3.06. The molecule has 1 fully saturated rings. The van der Waals surface area contributed by atoms with Crippen molar-refractivity contribution in [3.8, 4) is 0 Å². The van der Waals surface area contributed by atoms with Gasteiger partial charge in [0.25, 0.3) is 15.9 Å². The number of hydrogen-bond acceptors (Lipinski definition) is 7. The van der Waals surface area contributed by atoms with Crippen LogP contribution >= 0.6 is 11.3 Å². The Bertz CT molecular complexity index is 1270. The summed E-state index contributed by atoms with van der Waals surface area (Å²) in [6.07, 6.45) is 2.69. The SMILES string of the molecule is O=C(c1ccc(NC2=NS(=O)(=O)c3ccccc32)cc1)N1CCCN(c2nccs2)CC1. The van der Waals surface area contributed by atoms with Gasteiger partial charge in [0.2, 0.25) is 0 Å². The van der Waals surface area contributed by atoms with Gasteiger partial charge in [0.05, 0.1) is 0 Å². The van der Waals surface area contributed by atoms with Crippen molar-refractivity contribution in [3.63, 3.8) is 0 Å². The second-order valence-electron chi connectivity index (χ2n) is 7.56. The molecule has 1 saturated heterocycles. The number of carbonyl (C=O) groups excluding carboxylic acids is 1. The quantitative estimate of drug-likeness (QED) is 0.636. The Morgan fingerprint density at radius 3 is 2.59 bits per heavy atom. The van der Waals surface area contributed by atoms with Crippen LogP contribution in [0.2, 0.25) is 0 Å². The Morgan fingerprint density at radius 2 is 1.81 bits per heavy atom. The minimum atomic E-state index is -3.68. The van der Waals surface area contributed by atoms with Gasteiger partial charge >= 0.3 is 0 Å². The van der Waals surface area contributed by atoms with Crippen LogP contribution in [-0.4, -0.2) is 56.2 Å². The number of hydrogen-bond donors (Lipinski definition) is 1. The zero-order valence-corrected chi connectivity index (χ0v) is 18.8. The van der Waals surface area contributed by atoms with Gasteiger partial charge in [-0.3, -0.25) is 4.79 Å². The van der Waals surface area contributed by atoms with Gasteiger partial charge in [-0.25, -0.2) is 4.98 Å². The van der Waals surface area contributed by atoms with E-state index in [2.05, 4.69) is 19.6 Å². The predicted molar refractivity (Wildman–Crippen MR) is 125 cm³/mol. The second kappa shape index (κ2) is 8.36. The van der Waals surface area contributed by atoms with Crippen molar-refractivity contribution < 1.29 is 13.2 Å². The van der Waals surface area contributed by atoms with Gasteiger partial charge in [-0.1, -0.05) is 12.1 Å². The molecule has 164 valence electrons. The molecule has 0 saturated carbocycles. The van der Waals surface area contributed by atoms with E-state index in [0.717, 1.165) is 24.6 Å². The first-order valence-corrected chi connectivity index (χ1v) is 12.6. The topological polar surface area (TPSA) is 95.0 Å². The normalized spacial score (nSPS) is 17.4. The molecule has 2 aliphatic heterocycles. The maximum absolute atomic E-state index is 13.0. The molecule has 5 rings (SSSR count). The van der Waals surface area contributed by atoms with E-state index < -0.39 is 10.0 Å². The number of thiazole rings is 1. The van der Waals surface area contributed by atoms with E-state index in [0.29, 0.717) is 29.9 Å². The Balaban J connectivity index is 1.27. The molecule has 3 aromatic rings. The first-order chi connectivity index (χ1) is 15.5. The molecule has 0 aliphatic carbocycles. The zero-order valence-electron chi connectivity index (χ0n) is 17.1. The van der Waals surface area contributed by atoms with Crippen LogP contribution < -0.4 is 10.2 Å². The zero-order chi connectivity index (χ0) is 22.1. The highest BCUT2D eigenvalue weighted by Crippen LogP contribution is 2.27. The van der Waals surface area contributed by atoms with Crippen LogP contribution in [0.15, 0.2) is 69.4 Å². The van der Waals surface area contributed by atoms with Crippen molar-refractivity contribution in [2.24, 2.45) is 4.40 Å². The number of fused-ring (bicyclic) bond motifs is 1. The fraction of sp³-hybridized carbons (Fsp3) is 0.227. The molecule has 3 heterocycles. The van der Waals surface area contributed by atoms with Crippen molar-refractivity contribution in [2.75, 3.05) is 36.4 Å². The Hall–Kier alpha value is -3.24. The third kappa shape index (κ3) is 3.98. The summed E-state index contributed by atoms with van der Waals surface area (Å²) in [7, 11) is -3.68. The van der Waals surface area contributed by atoms with Crippen molar-refractivity contribution in [2.45, 2.75) is 11.3 Å². The fourth-order valence-corrected chi connectivity index (χ4v) is 5.77. The van der Waals surface area contributed by atoms with Crippen molar-refractivity contribution in [1.82, 2.24) is 9.88 Å². The lowest BCUT2D eigenvalue weighted by Crippen LogP contribution is -2.35. The van der Waals surface area contributed by atoms with Crippen LogP contribution in [0, 0.1) is 0 Å². The first kappa shape index (κ1) is 20.7. The maximum atomic E-state index is 13.0. The van der Waals surface area contributed by atoms with Crippen LogP contribution in [0.5, 0.6) is 0 Å². The van der Waals surface area contributed by atoms with E-state index >= 15 is 0 Å². The second-order valence-corrected chi connectivity index (χ2v) is 10.0. The van der Waals surface area contributed by atoms with Gasteiger partial charge < -0.3 is 15.1 Å². The highest BCUT2D eigenvalue weighted by Gasteiger charge is 2.28. The van der Waals surface area contributed by atoms with Crippen molar-refractivity contribution >= 4 is 43.9 Å². The van der Waals surface area contributed by atoms with E-state index in [9.17, 15) is 13.2 Å². The van der Waals surface area contributed by atoms with Gasteiger partial charge in [-0.05, 0) is 42.8 Å². The summed E-state index contributed by atoms with van der Waals surface area (Å²) in [6, 6.07) is 13.8. The molecule has 0 radical (unpaired) electrons. The lowest BCUT2D eigenvalue weighted by Gasteiger charge is -2.22. The molecular formula is C22H21N5O3S2. The molecule has 1 N–H and O–H groups in total. The third-order valence-electron chi connectivity index (χ3n) is 5.50. The van der Waals surface area contributed by atoms with Crippen LogP contribution in [0.3, 0.4) is 0 Å². The summed E-state index contributed by atoms with van der Waals surface area (Å²) in [5, 5.41) is 6.02. The number of benzene rings is 2. The van der Waals surface area contributed by atoms with Crippen LogP contribution in [0.4, 0.5) is 10.8 Å². The minimum Gasteiger partial charge on any atom is -0.346 e. The standard InChI is InChI=1S/C22H21N5O3S2/c28-21(26-11-3-12-27(14-13-26)22-23-10-15-31-22)16-6-8-17(9-7-16)24-20-18-4-1-2-5-19(18)32(29,30)25-20/h1-2,4-10,15H,3,11-14H2,(H,24,25). The van der Waals surface area contributed by atoms with E-state index in [1.165, 1.54) is 0 Å². The van der Waals surface area contributed by atoms with Gasteiger partial charge in [0, 0.05) is 54.6 Å². The average molecular weight is 468 g/mol. The largest absolute Gasteiger partial charge is 0.346 e. The van der Waals surface area contributed by atoms with E-state index in [-0.39, 0.29) is 16.6 Å². The lowest BCUT2D eigenvalue weighted by atomic mass is 10.1. The van der Waals surface area contributed by atoms with E-state index in [1.807, 2.05) is 10.3 Å². The Morgan fingerprint density at radius 1 is 1.00 bits per heavy atom. The molecule has 0 bridgehead atoms. The Labute approximate surface area is 190 Å². The summed E-state index contributed by atoms with van der Waals surface area (Å²) in [4.78, 5) is 21.7. The molecule has 0 atom stereocenters. The van der Waals surface area contributed by atoms with Gasteiger partial charge in [-0.15, -0.1) is 15.7 Å². The summed E-state index contributed by atoms with van der Waals surface area (Å²) in [5.41, 5.74) is 1.81. The molecular weight excluding hydrogens is 446 g/mol. The van der Waals surface area contributed by atoms with Gasteiger partial charge in [-0.2, -0.15) is 8.42 Å². The van der Waals surface area contributed by atoms with Crippen LogP contribution in [0.25, 0.3) is 0 Å². The number of amidine groups is 1. The number of aromatic nitrogens is 1. The van der Waals surface area contributed by atoms with Gasteiger partial charge in [0.1, 0.15) is 4.90 Å².